The van der Waals surface area contributed by atoms with E-state index in [1.807, 2.05) is 30.4 Å². The smallest absolute Gasteiger partial charge is 0.415 e. The fourth-order valence-electron chi connectivity index (χ4n) is 4.59. The summed E-state index contributed by atoms with van der Waals surface area (Å²) in [6.45, 7) is 3.69. The summed E-state index contributed by atoms with van der Waals surface area (Å²) in [7, 11) is 1.66. The molecule has 1 fully saturated rings. The summed E-state index contributed by atoms with van der Waals surface area (Å²) in [5.41, 5.74) is 5.43. The first kappa shape index (κ1) is 22.7. The molecule has 35 heavy (non-hydrogen) atoms. The van der Waals surface area contributed by atoms with Crippen molar-refractivity contribution in [1.29, 1.82) is 0 Å². The van der Waals surface area contributed by atoms with Crippen LogP contribution < -0.4 is 15.5 Å². The summed E-state index contributed by atoms with van der Waals surface area (Å²) in [4.78, 5) is 23.9. The van der Waals surface area contributed by atoms with E-state index in [-0.39, 0.29) is 12.0 Å². The van der Waals surface area contributed by atoms with Crippen LogP contribution in [-0.4, -0.2) is 30.9 Å². The zero-order valence-electron chi connectivity index (χ0n) is 19.8. The third kappa shape index (κ3) is 4.16. The number of alkyl carbamates (subject to hydrolysis) is 1. The molecule has 2 aromatic rings. The molecule has 1 saturated heterocycles. The van der Waals surface area contributed by atoms with Crippen LogP contribution in [0.1, 0.15) is 37.0 Å². The molecule has 1 aliphatic carbocycles. The highest BCUT2D eigenvalue weighted by atomic mass is 16.6. The van der Waals surface area contributed by atoms with Crippen molar-refractivity contribution >= 4 is 17.7 Å². The lowest BCUT2D eigenvalue weighted by atomic mass is 9.87. The van der Waals surface area contributed by atoms with Crippen molar-refractivity contribution in [3.8, 4) is 11.5 Å². The molecule has 0 radical (unpaired) electrons. The molecule has 0 aromatic heterocycles. The second kappa shape index (κ2) is 8.94. The van der Waals surface area contributed by atoms with E-state index in [0.29, 0.717) is 11.3 Å². The summed E-state index contributed by atoms with van der Waals surface area (Å²) in [5, 5.41) is 6.79. The van der Waals surface area contributed by atoms with Crippen molar-refractivity contribution in [3.63, 3.8) is 0 Å². The molecule has 3 atom stereocenters. The summed E-state index contributed by atoms with van der Waals surface area (Å²) < 4.78 is 16.8. The van der Waals surface area contributed by atoms with Crippen LogP contribution in [-0.2, 0) is 26.3 Å². The van der Waals surface area contributed by atoms with E-state index in [1.54, 1.807) is 32.2 Å². The van der Waals surface area contributed by atoms with Crippen LogP contribution in [0.3, 0.4) is 0 Å². The quantitative estimate of drug-likeness (QED) is 0.622. The predicted molar refractivity (Wildman–Crippen MR) is 130 cm³/mol. The zero-order chi connectivity index (χ0) is 24.6. The Morgan fingerprint density at radius 1 is 1.17 bits per heavy atom. The maximum Gasteiger partial charge on any atom is 0.415 e. The minimum atomic E-state index is -1.39. The molecule has 5 rings (SSSR count). The second-order valence-electron chi connectivity index (χ2n) is 8.89. The Hall–Kier alpha value is -4.07. The van der Waals surface area contributed by atoms with Gasteiger partial charge in [-0.1, -0.05) is 31.6 Å². The van der Waals surface area contributed by atoms with Crippen LogP contribution in [0.2, 0.25) is 0 Å². The number of amides is 2. The number of hydrogen-bond donors (Lipinski definition) is 2. The van der Waals surface area contributed by atoms with E-state index in [0.717, 1.165) is 41.2 Å². The number of ether oxygens (including phenoxy) is 3. The number of allylic oxidation sites excluding steroid dienone is 1. The van der Waals surface area contributed by atoms with Gasteiger partial charge in [-0.2, -0.15) is 5.10 Å². The maximum atomic E-state index is 12.3. The van der Waals surface area contributed by atoms with Crippen molar-refractivity contribution in [2.24, 2.45) is 11.0 Å². The molecule has 180 valence electrons. The third-order valence-electron chi connectivity index (χ3n) is 6.52. The first-order chi connectivity index (χ1) is 16.9. The van der Waals surface area contributed by atoms with Crippen LogP contribution >= 0.6 is 0 Å². The normalized spacial score (nSPS) is 24.7. The lowest BCUT2D eigenvalue weighted by Crippen LogP contribution is -2.33. The van der Waals surface area contributed by atoms with Gasteiger partial charge < -0.3 is 19.6 Å². The van der Waals surface area contributed by atoms with Crippen LogP contribution in [0.4, 0.5) is 4.79 Å². The molecule has 2 unspecified atom stereocenters. The summed E-state index contributed by atoms with van der Waals surface area (Å²) >= 11 is 0. The Bertz CT molecular complexity index is 1280. The number of nitrogens with zero attached hydrogens (tertiary/aromatic N) is 1. The van der Waals surface area contributed by atoms with Gasteiger partial charge in [-0.25, -0.2) is 4.79 Å². The van der Waals surface area contributed by atoms with Gasteiger partial charge >= 0.3 is 6.09 Å². The lowest BCUT2D eigenvalue weighted by Gasteiger charge is -2.21. The average molecular weight is 474 g/mol. The van der Waals surface area contributed by atoms with Gasteiger partial charge in [-0.3, -0.25) is 10.1 Å². The molecular formula is C27H27N3O5. The number of fused-ring (bicyclic) bond motifs is 1. The van der Waals surface area contributed by atoms with E-state index in [9.17, 15) is 9.59 Å². The molecule has 3 aliphatic rings. The van der Waals surface area contributed by atoms with Crippen molar-refractivity contribution in [3.05, 3.63) is 83.1 Å². The molecule has 2 N–H and O–H groups in total. The number of methoxy groups -OCH3 is 1. The molecule has 2 aromatic carbocycles. The van der Waals surface area contributed by atoms with Crippen LogP contribution in [0.5, 0.6) is 11.5 Å². The zero-order valence-corrected chi connectivity index (χ0v) is 19.8. The fraction of sp³-hybridized carbons (Fsp3) is 0.296. The second-order valence-corrected chi connectivity index (χ2v) is 8.89. The summed E-state index contributed by atoms with van der Waals surface area (Å²) in [6.07, 6.45) is 7.16. The van der Waals surface area contributed by atoms with Gasteiger partial charge in [-0.05, 0) is 67.0 Å². The largest absolute Gasteiger partial charge is 0.497 e. The first-order valence-corrected chi connectivity index (χ1v) is 11.6. The number of carbonyl (C=O) groups is 2. The molecule has 8 nitrogen and oxygen atoms in total. The highest BCUT2D eigenvalue weighted by Gasteiger charge is 2.46. The maximum absolute atomic E-state index is 12.3. The Kier molecular flexibility index (Phi) is 5.80. The van der Waals surface area contributed by atoms with Crippen LogP contribution in [0.25, 0.3) is 0 Å². The molecule has 2 amide bonds. The molecule has 0 spiro atoms. The topological polar surface area (TPSA) is 98.2 Å². The number of aryl methyl sites for hydroxylation is 1. The highest BCUT2D eigenvalue weighted by molar-refractivity contribution is 6.05. The van der Waals surface area contributed by atoms with Gasteiger partial charge in [0.25, 0.3) is 5.91 Å². The SMILES string of the molecule is CCCc1cc(C2=NNC3C=C(OC)C=CC23)ccc1Oc1cccc([C@@]2(C)OC(=O)NC2=O)c1. The Labute approximate surface area is 203 Å². The highest BCUT2D eigenvalue weighted by Crippen LogP contribution is 2.35. The minimum Gasteiger partial charge on any atom is -0.497 e. The Morgan fingerprint density at radius 3 is 2.77 bits per heavy atom. The average Bonchev–Trinajstić information content (AvgIpc) is 3.40. The Morgan fingerprint density at radius 2 is 2.03 bits per heavy atom. The van der Waals surface area contributed by atoms with Crippen LogP contribution in [0, 0.1) is 5.92 Å². The lowest BCUT2D eigenvalue weighted by molar-refractivity contribution is -0.130. The van der Waals surface area contributed by atoms with E-state index < -0.39 is 17.6 Å². The van der Waals surface area contributed by atoms with E-state index in [2.05, 4.69) is 34.9 Å². The van der Waals surface area contributed by atoms with E-state index >= 15 is 0 Å². The van der Waals surface area contributed by atoms with Crippen molar-refractivity contribution < 1.29 is 23.8 Å². The Balaban J connectivity index is 1.40. The fourth-order valence-corrected chi connectivity index (χ4v) is 4.59. The van der Waals surface area contributed by atoms with Gasteiger partial charge in [0.15, 0.2) is 0 Å². The molecule has 2 aliphatic heterocycles. The first-order valence-electron chi connectivity index (χ1n) is 11.6. The molecular weight excluding hydrogens is 446 g/mol. The number of rotatable bonds is 7. The number of hydrogen-bond acceptors (Lipinski definition) is 7. The molecule has 2 heterocycles. The minimum absolute atomic E-state index is 0.0708. The predicted octanol–water partition coefficient (Wildman–Crippen LogP) is 4.31. The van der Waals surface area contributed by atoms with Crippen molar-refractivity contribution in [2.45, 2.75) is 38.3 Å². The van der Waals surface area contributed by atoms with Crippen molar-refractivity contribution in [1.82, 2.24) is 10.7 Å². The molecule has 0 saturated carbocycles. The standard InChI is InChI=1S/C27H27N3O5/c1-4-6-16-13-17(24-21-11-10-19(33-3)15-22(21)29-30-24)9-12-23(16)34-20-8-5-7-18(14-20)27(2)25(31)28-26(32)35-27/h5,7-15,21-22,29H,4,6H2,1-3H3,(H,28,31,32)/t21?,22?,27-/m1/s1. The van der Waals surface area contributed by atoms with Crippen LogP contribution in [0.15, 0.2) is 71.6 Å². The van der Waals surface area contributed by atoms with E-state index in [1.165, 1.54) is 0 Å². The van der Waals surface area contributed by atoms with Gasteiger partial charge in [0.05, 0.1) is 18.9 Å². The number of nitrogens with one attached hydrogen (secondary N) is 2. The summed E-state index contributed by atoms with van der Waals surface area (Å²) in [5.74, 6) is 1.75. The van der Waals surface area contributed by atoms with E-state index in [4.69, 9.17) is 14.2 Å². The van der Waals surface area contributed by atoms with Gasteiger partial charge in [0.1, 0.15) is 17.3 Å². The van der Waals surface area contributed by atoms with Gasteiger partial charge in [0, 0.05) is 11.5 Å². The molecule has 8 heteroatoms. The van der Waals surface area contributed by atoms with Crippen molar-refractivity contribution in [2.75, 3.05) is 7.11 Å². The number of imide groups is 1. The third-order valence-corrected chi connectivity index (χ3v) is 6.52. The van der Waals surface area contributed by atoms with Gasteiger partial charge in [-0.15, -0.1) is 0 Å². The number of carbonyl (C=O) groups excluding carboxylic acids is 2. The monoisotopic (exact) mass is 473 g/mol. The number of benzene rings is 2. The number of cyclic esters (lactones) is 1. The van der Waals surface area contributed by atoms with Gasteiger partial charge in [0.2, 0.25) is 5.60 Å². The summed E-state index contributed by atoms with van der Waals surface area (Å²) in [6, 6.07) is 13.2. The number of hydrazone groups is 1. The molecule has 0 bridgehead atoms.